The number of hydrogen-bond acceptors (Lipinski definition) is 3. The molecule has 3 aromatic carbocycles. The van der Waals surface area contributed by atoms with Crippen LogP contribution in [0.5, 0.6) is 0 Å². The highest BCUT2D eigenvalue weighted by Gasteiger charge is 2.38. The number of aromatic nitrogens is 2. The monoisotopic (exact) mass is 429 g/mol. The predicted octanol–water partition coefficient (Wildman–Crippen LogP) is 4.24. The summed E-state index contributed by atoms with van der Waals surface area (Å²) in [6, 6.07) is 29.3. The summed E-state index contributed by atoms with van der Waals surface area (Å²) >= 11 is 0. The van der Waals surface area contributed by atoms with Gasteiger partial charge in [-0.3, -0.25) is 10.1 Å². The van der Waals surface area contributed by atoms with E-state index in [4.69, 9.17) is 0 Å². The Hall–Kier alpha value is -3.77. The number of alkyl halides is 1. The van der Waals surface area contributed by atoms with Crippen LogP contribution in [-0.4, -0.2) is 33.5 Å². The van der Waals surface area contributed by atoms with Gasteiger partial charge >= 0.3 is 5.97 Å². The van der Waals surface area contributed by atoms with Crippen molar-refractivity contribution in [3.63, 3.8) is 0 Å². The Morgan fingerprint density at radius 2 is 1.38 bits per heavy atom. The van der Waals surface area contributed by atoms with Crippen LogP contribution in [0.25, 0.3) is 0 Å². The Kier molecular flexibility index (Phi) is 6.42. The molecule has 0 amide bonds. The summed E-state index contributed by atoms with van der Waals surface area (Å²) in [7, 11) is 0. The minimum atomic E-state index is -1.11. The van der Waals surface area contributed by atoms with Gasteiger partial charge in [-0.2, -0.15) is 0 Å². The molecular weight excluding hydrogens is 405 g/mol. The molecule has 0 aliphatic heterocycles. The van der Waals surface area contributed by atoms with Gasteiger partial charge in [0.25, 0.3) is 0 Å². The van der Waals surface area contributed by atoms with Gasteiger partial charge in [0.2, 0.25) is 0 Å². The fraction of sp³-hybridized carbons (Fsp3) is 0.154. The minimum Gasteiger partial charge on any atom is -0.480 e. The molecule has 1 aromatic heterocycles. The molecule has 0 aliphatic rings. The number of imidazole rings is 1. The first kappa shape index (κ1) is 21.5. The Bertz CT molecular complexity index is 1050. The highest BCUT2D eigenvalue weighted by atomic mass is 19.1. The molecule has 4 aromatic rings. The van der Waals surface area contributed by atoms with Gasteiger partial charge in [-0.25, -0.2) is 9.37 Å². The molecular formula is C26H24FN3O2. The quantitative estimate of drug-likeness (QED) is 0.309. The van der Waals surface area contributed by atoms with Crippen LogP contribution in [0.3, 0.4) is 0 Å². The molecule has 0 aliphatic carbocycles. The third-order valence-electron chi connectivity index (χ3n) is 5.63. The van der Waals surface area contributed by atoms with E-state index in [1.165, 1.54) is 0 Å². The van der Waals surface area contributed by atoms with Gasteiger partial charge in [-0.15, -0.1) is 0 Å². The molecule has 0 bridgehead atoms. The third-order valence-corrected chi connectivity index (χ3v) is 5.63. The van der Waals surface area contributed by atoms with E-state index in [9.17, 15) is 14.3 Å². The largest absolute Gasteiger partial charge is 0.480 e. The topological polar surface area (TPSA) is 67.1 Å². The van der Waals surface area contributed by atoms with Crippen LogP contribution in [0.2, 0.25) is 0 Å². The molecule has 162 valence electrons. The standard InChI is InChI=1S/C26H24FN3O2/c27-18-28-24(25(31)32)16-23-17-30(19-29-23)26(20-10-4-1-5-11-20,21-12-6-2-7-13-21)22-14-8-3-9-15-22/h1-15,17,19,24,28H,16,18H2,(H,31,32)/t24-/m0/s1. The number of benzene rings is 3. The SMILES string of the molecule is O=C(O)[C@H](Cc1cn(C(c2ccccc2)(c2ccccc2)c2ccccc2)cn1)NCF. The van der Waals surface area contributed by atoms with E-state index in [0.29, 0.717) is 5.69 Å². The summed E-state index contributed by atoms with van der Waals surface area (Å²) in [5.74, 6) is -1.11. The molecule has 5 nitrogen and oxygen atoms in total. The van der Waals surface area contributed by atoms with Crippen LogP contribution in [0.4, 0.5) is 4.39 Å². The highest BCUT2D eigenvalue weighted by Crippen LogP contribution is 2.40. The van der Waals surface area contributed by atoms with Crippen LogP contribution < -0.4 is 5.32 Å². The van der Waals surface area contributed by atoms with Gasteiger partial charge in [0.1, 0.15) is 18.4 Å². The predicted molar refractivity (Wildman–Crippen MR) is 121 cm³/mol. The third kappa shape index (κ3) is 4.05. The number of carboxylic acid groups (broad SMARTS) is 1. The lowest BCUT2D eigenvalue weighted by Crippen LogP contribution is -2.38. The summed E-state index contributed by atoms with van der Waals surface area (Å²) < 4.78 is 14.8. The zero-order valence-electron chi connectivity index (χ0n) is 17.4. The first-order chi connectivity index (χ1) is 15.7. The molecule has 32 heavy (non-hydrogen) atoms. The molecule has 1 heterocycles. The van der Waals surface area contributed by atoms with Crippen molar-refractivity contribution in [1.82, 2.24) is 14.9 Å². The number of carboxylic acids is 1. The second-order valence-electron chi connectivity index (χ2n) is 7.51. The second kappa shape index (κ2) is 9.58. The summed E-state index contributed by atoms with van der Waals surface area (Å²) in [6.07, 6.45) is 3.64. The van der Waals surface area contributed by atoms with E-state index < -0.39 is 24.3 Å². The second-order valence-corrected chi connectivity index (χ2v) is 7.51. The van der Waals surface area contributed by atoms with E-state index in [1.54, 1.807) is 6.33 Å². The molecule has 0 fully saturated rings. The van der Waals surface area contributed by atoms with Crippen LogP contribution in [0.15, 0.2) is 104 Å². The zero-order valence-corrected chi connectivity index (χ0v) is 17.4. The van der Waals surface area contributed by atoms with Crippen LogP contribution in [0, 0.1) is 0 Å². The molecule has 0 radical (unpaired) electrons. The number of carbonyl (C=O) groups is 1. The van der Waals surface area contributed by atoms with E-state index in [2.05, 4.69) is 46.7 Å². The van der Waals surface area contributed by atoms with Crippen molar-refractivity contribution in [2.24, 2.45) is 0 Å². The Morgan fingerprint density at radius 3 is 1.78 bits per heavy atom. The van der Waals surface area contributed by atoms with Gasteiger partial charge in [0, 0.05) is 12.6 Å². The Morgan fingerprint density at radius 1 is 0.906 bits per heavy atom. The van der Waals surface area contributed by atoms with Crippen LogP contribution in [-0.2, 0) is 16.8 Å². The number of nitrogens with zero attached hydrogens (tertiary/aromatic N) is 2. The molecule has 1 atom stereocenters. The summed E-state index contributed by atoms with van der Waals surface area (Å²) in [6.45, 7) is -0.917. The van der Waals surface area contributed by atoms with E-state index >= 15 is 0 Å². The molecule has 6 heteroatoms. The maximum atomic E-state index is 12.8. The van der Waals surface area contributed by atoms with Crippen molar-refractivity contribution in [3.05, 3.63) is 126 Å². The Balaban J connectivity index is 1.91. The van der Waals surface area contributed by atoms with Crippen molar-refractivity contribution in [2.75, 3.05) is 6.80 Å². The molecule has 0 spiro atoms. The van der Waals surface area contributed by atoms with Gasteiger partial charge in [0.15, 0.2) is 0 Å². The van der Waals surface area contributed by atoms with Crippen molar-refractivity contribution in [3.8, 4) is 0 Å². The molecule has 2 N–H and O–H groups in total. The van der Waals surface area contributed by atoms with Gasteiger partial charge in [-0.1, -0.05) is 91.0 Å². The number of hydrogen-bond donors (Lipinski definition) is 2. The van der Waals surface area contributed by atoms with Gasteiger partial charge < -0.3 is 9.67 Å². The lowest BCUT2D eigenvalue weighted by Gasteiger charge is -2.37. The van der Waals surface area contributed by atoms with E-state index in [0.717, 1.165) is 16.7 Å². The first-order valence-electron chi connectivity index (χ1n) is 10.4. The fourth-order valence-corrected chi connectivity index (χ4v) is 4.19. The van der Waals surface area contributed by atoms with Gasteiger partial charge in [0.05, 0.1) is 12.0 Å². The summed E-state index contributed by atoms with van der Waals surface area (Å²) in [5, 5.41) is 11.8. The molecule has 0 saturated carbocycles. The summed E-state index contributed by atoms with van der Waals surface area (Å²) in [4.78, 5) is 16.0. The van der Waals surface area contributed by atoms with Crippen molar-refractivity contribution in [2.45, 2.75) is 18.0 Å². The first-order valence-corrected chi connectivity index (χ1v) is 10.4. The maximum Gasteiger partial charge on any atom is 0.321 e. The number of halogens is 1. The average Bonchev–Trinajstić information content (AvgIpc) is 3.30. The lowest BCUT2D eigenvalue weighted by atomic mass is 9.77. The summed E-state index contributed by atoms with van der Waals surface area (Å²) in [5.41, 5.74) is 2.96. The van der Waals surface area contributed by atoms with E-state index in [-0.39, 0.29) is 6.42 Å². The zero-order chi connectivity index (χ0) is 22.4. The highest BCUT2D eigenvalue weighted by molar-refractivity contribution is 5.73. The van der Waals surface area contributed by atoms with Crippen molar-refractivity contribution >= 4 is 5.97 Å². The van der Waals surface area contributed by atoms with Crippen molar-refractivity contribution in [1.29, 1.82) is 0 Å². The maximum absolute atomic E-state index is 12.8. The fourth-order valence-electron chi connectivity index (χ4n) is 4.19. The smallest absolute Gasteiger partial charge is 0.321 e. The number of aliphatic carboxylic acids is 1. The van der Waals surface area contributed by atoms with Crippen LogP contribution >= 0.6 is 0 Å². The van der Waals surface area contributed by atoms with Gasteiger partial charge in [-0.05, 0) is 16.7 Å². The number of rotatable bonds is 9. The number of nitrogens with one attached hydrogen (secondary N) is 1. The molecule has 4 rings (SSSR count). The Labute approximate surface area is 186 Å². The van der Waals surface area contributed by atoms with Crippen LogP contribution in [0.1, 0.15) is 22.4 Å². The molecule has 0 saturated heterocycles. The average molecular weight is 429 g/mol. The lowest BCUT2D eigenvalue weighted by molar-refractivity contribution is -0.139. The minimum absolute atomic E-state index is 0.0701. The van der Waals surface area contributed by atoms with E-state index in [1.807, 2.05) is 65.4 Å². The van der Waals surface area contributed by atoms with Crippen molar-refractivity contribution < 1.29 is 14.3 Å². The normalized spacial score (nSPS) is 12.4. The molecule has 0 unspecified atom stereocenters.